The van der Waals surface area contributed by atoms with Crippen molar-refractivity contribution in [1.82, 2.24) is 0 Å². The van der Waals surface area contributed by atoms with E-state index in [9.17, 15) is 0 Å². The first-order valence-electron chi connectivity index (χ1n) is 4.94. The minimum atomic E-state index is 0.559. The number of rotatable bonds is 3. The molecule has 1 saturated heterocycles. The van der Waals surface area contributed by atoms with Gasteiger partial charge < -0.3 is 0 Å². The van der Waals surface area contributed by atoms with Crippen LogP contribution in [0.2, 0.25) is 0 Å². The van der Waals surface area contributed by atoms with Crippen LogP contribution in [-0.2, 0) is 0 Å². The molecule has 3 unspecified atom stereocenters. The van der Waals surface area contributed by atoms with Gasteiger partial charge in [-0.05, 0) is 42.8 Å². The minimum absolute atomic E-state index is 0.559. The van der Waals surface area contributed by atoms with E-state index in [-0.39, 0.29) is 0 Å². The highest BCUT2D eigenvalue weighted by atomic mass is 35.5. The van der Waals surface area contributed by atoms with Crippen LogP contribution in [0.1, 0.15) is 32.6 Å². The molecule has 0 aromatic carbocycles. The molecule has 0 amide bonds. The molecule has 1 aliphatic heterocycles. The summed E-state index contributed by atoms with van der Waals surface area (Å²) in [6.07, 6.45) is 5.65. The lowest BCUT2D eigenvalue weighted by molar-refractivity contribution is 0.466. The molecule has 3 atom stereocenters. The van der Waals surface area contributed by atoms with Gasteiger partial charge in [0.05, 0.1) is 0 Å². The number of halogens is 1. The van der Waals surface area contributed by atoms with E-state index in [1.807, 2.05) is 0 Å². The second-order valence-electron chi connectivity index (χ2n) is 4.44. The van der Waals surface area contributed by atoms with Crippen molar-refractivity contribution in [3.63, 3.8) is 0 Å². The first-order valence-corrected chi connectivity index (χ1v) is 6.53. The van der Waals surface area contributed by atoms with Gasteiger partial charge in [0.1, 0.15) is 0 Å². The number of hydrogen-bond donors (Lipinski definition) is 0. The van der Waals surface area contributed by atoms with Crippen LogP contribution in [0.3, 0.4) is 0 Å². The number of hydrogen-bond acceptors (Lipinski definition) is 1. The predicted octanol–water partition coefficient (Wildman–Crippen LogP) is 3.54. The topological polar surface area (TPSA) is 0 Å². The lowest BCUT2D eigenvalue weighted by Crippen LogP contribution is -2.12. The maximum absolute atomic E-state index is 6.02. The molecule has 0 nitrogen and oxygen atoms in total. The predicted molar refractivity (Wildman–Crippen MR) is 57.0 cm³/mol. The molecular weight excluding hydrogens is 188 g/mol. The summed E-state index contributed by atoms with van der Waals surface area (Å²) in [5.41, 5.74) is 0.559. The van der Waals surface area contributed by atoms with Gasteiger partial charge in [0, 0.05) is 11.1 Å². The van der Waals surface area contributed by atoms with E-state index in [0.717, 1.165) is 17.0 Å². The maximum Gasteiger partial charge on any atom is 0.0283 e. The summed E-state index contributed by atoms with van der Waals surface area (Å²) in [6, 6.07) is 0. The summed E-state index contributed by atoms with van der Waals surface area (Å²) in [5.74, 6) is 3.18. The SMILES string of the molecule is CC1CC1(CCl)CC1CCCS1. The summed E-state index contributed by atoms with van der Waals surface area (Å²) >= 11 is 8.19. The summed E-state index contributed by atoms with van der Waals surface area (Å²) in [4.78, 5) is 0. The first kappa shape index (κ1) is 9.21. The molecule has 2 aliphatic rings. The molecule has 2 rings (SSSR count). The van der Waals surface area contributed by atoms with Crippen LogP contribution < -0.4 is 0 Å². The van der Waals surface area contributed by atoms with Gasteiger partial charge >= 0.3 is 0 Å². The average Bonchev–Trinajstić information content (AvgIpc) is 2.51. The minimum Gasteiger partial charge on any atom is -0.159 e. The van der Waals surface area contributed by atoms with Crippen LogP contribution in [-0.4, -0.2) is 16.9 Å². The van der Waals surface area contributed by atoms with Crippen molar-refractivity contribution in [3.05, 3.63) is 0 Å². The summed E-state index contributed by atoms with van der Waals surface area (Å²) in [7, 11) is 0. The summed E-state index contributed by atoms with van der Waals surface area (Å²) < 4.78 is 0. The smallest absolute Gasteiger partial charge is 0.0283 e. The third-order valence-electron chi connectivity index (χ3n) is 3.52. The zero-order valence-electron chi connectivity index (χ0n) is 7.68. The van der Waals surface area contributed by atoms with Crippen molar-refractivity contribution < 1.29 is 0 Å². The molecule has 70 valence electrons. The van der Waals surface area contributed by atoms with Crippen LogP contribution >= 0.6 is 23.4 Å². The second kappa shape index (κ2) is 3.42. The monoisotopic (exact) mass is 204 g/mol. The van der Waals surface area contributed by atoms with Crippen molar-refractivity contribution in [1.29, 1.82) is 0 Å². The molecule has 1 saturated carbocycles. The Labute approximate surface area is 84.4 Å². The van der Waals surface area contributed by atoms with E-state index in [2.05, 4.69) is 18.7 Å². The van der Waals surface area contributed by atoms with Gasteiger partial charge in [-0.25, -0.2) is 0 Å². The largest absolute Gasteiger partial charge is 0.159 e. The van der Waals surface area contributed by atoms with E-state index in [4.69, 9.17) is 11.6 Å². The highest BCUT2D eigenvalue weighted by molar-refractivity contribution is 8.00. The highest BCUT2D eigenvalue weighted by Gasteiger charge is 2.51. The van der Waals surface area contributed by atoms with Crippen molar-refractivity contribution in [2.75, 3.05) is 11.6 Å². The average molecular weight is 205 g/mol. The third-order valence-corrected chi connectivity index (χ3v) is 5.45. The van der Waals surface area contributed by atoms with E-state index in [0.29, 0.717) is 5.41 Å². The van der Waals surface area contributed by atoms with E-state index in [1.165, 1.54) is 31.4 Å². The summed E-state index contributed by atoms with van der Waals surface area (Å²) in [6.45, 7) is 2.35. The summed E-state index contributed by atoms with van der Waals surface area (Å²) in [5, 5.41) is 0.939. The first-order chi connectivity index (χ1) is 5.77. The van der Waals surface area contributed by atoms with Crippen LogP contribution in [0, 0.1) is 11.3 Å². The van der Waals surface area contributed by atoms with E-state index < -0.39 is 0 Å². The van der Waals surface area contributed by atoms with Crippen LogP contribution in [0.25, 0.3) is 0 Å². The Bertz CT molecular complexity index is 161. The zero-order valence-corrected chi connectivity index (χ0v) is 9.26. The Morgan fingerprint density at radius 3 is 2.75 bits per heavy atom. The molecule has 0 aromatic rings. The maximum atomic E-state index is 6.02. The highest BCUT2D eigenvalue weighted by Crippen LogP contribution is 2.58. The van der Waals surface area contributed by atoms with Crippen molar-refractivity contribution in [3.8, 4) is 0 Å². The normalized spacial score (nSPS) is 46.5. The van der Waals surface area contributed by atoms with E-state index in [1.54, 1.807) is 0 Å². The number of thioether (sulfide) groups is 1. The van der Waals surface area contributed by atoms with Gasteiger partial charge in [0.25, 0.3) is 0 Å². The fourth-order valence-corrected chi connectivity index (χ4v) is 4.27. The van der Waals surface area contributed by atoms with Crippen molar-refractivity contribution in [2.45, 2.75) is 37.9 Å². The van der Waals surface area contributed by atoms with Crippen LogP contribution in [0.15, 0.2) is 0 Å². The van der Waals surface area contributed by atoms with Gasteiger partial charge in [-0.2, -0.15) is 11.8 Å². The lowest BCUT2D eigenvalue weighted by Gasteiger charge is -2.17. The Morgan fingerprint density at radius 2 is 2.33 bits per heavy atom. The van der Waals surface area contributed by atoms with Gasteiger partial charge in [-0.15, -0.1) is 11.6 Å². The molecule has 1 aliphatic carbocycles. The van der Waals surface area contributed by atoms with Crippen molar-refractivity contribution >= 4 is 23.4 Å². The Hall–Kier alpha value is 0.640. The second-order valence-corrected chi connectivity index (χ2v) is 6.12. The molecular formula is C10H17ClS. The standard InChI is InChI=1S/C10H17ClS/c1-8-5-10(8,7-11)6-9-3-2-4-12-9/h8-9H,2-7H2,1H3. The van der Waals surface area contributed by atoms with Gasteiger partial charge in [-0.1, -0.05) is 6.92 Å². The molecule has 1 heterocycles. The Balaban J connectivity index is 1.85. The Morgan fingerprint density at radius 1 is 1.58 bits per heavy atom. The molecule has 0 radical (unpaired) electrons. The van der Waals surface area contributed by atoms with Gasteiger partial charge in [-0.3, -0.25) is 0 Å². The fraction of sp³-hybridized carbons (Fsp3) is 1.00. The fourth-order valence-electron chi connectivity index (χ4n) is 2.33. The Kier molecular flexibility index (Phi) is 2.62. The van der Waals surface area contributed by atoms with Crippen LogP contribution in [0.5, 0.6) is 0 Å². The molecule has 12 heavy (non-hydrogen) atoms. The number of alkyl halides is 1. The third kappa shape index (κ3) is 1.63. The van der Waals surface area contributed by atoms with Crippen LogP contribution in [0.4, 0.5) is 0 Å². The molecule has 2 fully saturated rings. The molecule has 2 heteroatoms. The van der Waals surface area contributed by atoms with Gasteiger partial charge in [0.15, 0.2) is 0 Å². The molecule has 0 aromatic heterocycles. The van der Waals surface area contributed by atoms with E-state index >= 15 is 0 Å². The zero-order chi connectivity index (χ0) is 8.60. The molecule has 0 N–H and O–H groups in total. The lowest BCUT2D eigenvalue weighted by atomic mass is 9.98. The molecule has 0 spiro atoms. The quantitative estimate of drug-likeness (QED) is 0.634. The molecule has 0 bridgehead atoms. The van der Waals surface area contributed by atoms with Gasteiger partial charge in [0.2, 0.25) is 0 Å². The van der Waals surface area contributed by atoms with Crippen molar-refractivity contribution in [2.24, 2.45) is 11.3 Å².